The van der Waals surface area contributed by atoms with Crippen LogP contribution < -0.4 is 0 Å². The van der Waals surface area contributed by atoms with Gasteiger partial charge in [0.05, 0.1) is 21.1 Å². The van der Waals surface area contributed by atoms with Gasteiger partial charge in [-0.3, -0.25) is 9.97 Å². The van der Waals surface area contributed by atoms with E-state index in [-0.39, 0.29) is 16.3 Å². The van der Waals surface area contributed by atoms with Crippen molar-refractivity contribution in [3.05, 3.63) is 48.0 Å². The maximum atomic E-state index is 13.0. The number of hydrogen-bond donors (Lipinski definition) is 0. The molecule has 0 amide bonds. The third-order valence-electron chi connectivity index (χ3n) is 3.94. The summed E-state index contributed by atoms with van der Waals surface area (Å²) in [4.78, 5) is 10.7. The number of hydrogen-bond acceptors (Lipinski definition) is 6. The summed E-state index contributed by atoms with van der Waals surface area (Å²) >= 11 is 0.866. The molecule has 0 radical (unpaired) electrons. The van der Waals surface area contributed by atoms with Crippen LogP contribution in [0, 0.1) is 0 Å². The molecule has 3 heterocycles. The van der Waals surface area contributed by atoms with Crippen LogP contribution in [0.15, 0.2) is 41.7 Å². The van der Waals surface area contributed by atoms with E-state index < -0.39 is 44.1 Å². The van der Waals surface area contributed by atoms with E-state index in [1.807, 2.05) is 0 Å². The van der Waals surface area contributed by atoms with E-state index >= 15 is 0 Å². The molecule has 0 saturated heterocycles. The van der Waals surface area contributed by atoms with Crippen LogP contribution in [-0.4, -0.2) is 29.1 Å². The first kappa shape index (κ1) is 22.2. The molecule has 3 aromatic rings. The van der Waals surface area contributed by atoms with Gasteiger partial charge in [0.1, 0.15) is 16.4 Å². The van der Waals surface area contributed by atoms with Crippen LogP contribution in [-0.2, 0) is 22.2 Å². The molecule has 3 aromatic heterocycles. The Hall–Kier alpha value is -2.54. The van der Waals surface area contributed by atoms with Gasteiger partial charge in [-0.1, -0.05) is 6.92 Å². The molecule has 0 aliphatic heterocycles. The topological polar surface area (TPSA) is 72.8 Å². The summed E-state index contributed by atoms with van der Waals surface area (Å²) in [6, 6.07) is 2.44. The van der Waals surface area contributed by atoms with E-state index in [0.717, 1.165) is 29.7 Å². The summed E-state index contributed by atoms with van der Waals surface area (Å²) in [5.41, 5.74) is -2.29. The van der Waals surface area contributed by atoms with Crippen molar-refractivity contribution in [1.82, 2.24) is 15.0 Å². The standard InChI is InChI=1S/C17H11F6N3O2S2/c1-2-30(27,28)12-5-10(16(18,19)20)7-25-14(12)15-26-8-11(29-15)9-3-4-13(24-6-9)17(21,22)23/h3-8H,2H2,1H3. The Morgan fingerprint density at radius 1 is 0.933 bits per heavy atom. The maximum absolute atomic E-state index is 13.0. The molecule has 13 heteroatoms. The van der Waals surface area contributed by atoms with E-state index in [0.29, 0.717) is 17.1 Å². The lowest BCUT2D eigenvalue weighted by molar-refractivity contribution is -0.141. The van der Waals surface area contributed by atoms with Crippen molar-refractivity contribution in [2.45, 2.75) is 24.2 Å². The minimum absolute atomic E-state index is 0.00523. The van der Waals surface area contributed by atoms with Crippen LogP contribution >= 0.6 is 11.3 Å². The molecular weight excluding hydrogens is 456 g/mol. The van der Waals surface area contributed by atoms with Gasteiger partial charge in [0.15, 0.2) is 9.84 Å². The number of halogens is 6. The Balaban J connectivity index is 2.06. The summed E-state index contributed by atoms with van der Waals surface area (Å²) < 4.78 is 102. The van der Waals surface area contributed by atoms with Crippen LogP contribution in [0.4, 0.5) is 26.3 Å². The molecule has 0 atom stereocenters. The predicted molar refractivity (Wildman–Crippen MR) is 96.3 cm³/mol. The van der Waals surface area contributed by atoms with Gasteiger partial charge in [0.2, 0.25) is 0 Å². The smallest absolute Gasteiger partial charge is 0.252 e. The van der Waals surface area contributed by atoms with Gasteiger partial charge in [0, 0.05) is 24.2 Å². The molecule has 0 aliphatic rings. The number of nitrogens with zero attached hydrogens (tertiary/aromatic N) is 3. The summed E-state index contributed by atoms with van der Waals surface area (Å²) in [5, 5.41) is 0.00523. The molecule has 30 heavy (non-hydrogen) atoms. The SMILES string of the molecule is CCS(=O)(=O)c1cc(C(F)(F)F)cnc1-c1ncc(-c2ccc(C(F)(F)F)nc2)s1. The molecule has 0 spiro atoms. The van der Waals surface area contributed by atoms with E-state index in [1.54, 1.807) is 0 Å². The fraction of sp³-hybridized carbons (Fsp3) is 0.235. The van der Waals surface area contributed by atoms with Gasteiger partial charge in [-0.15, -0.1) is 11.3 Å². The second-order valence-electron chi connectivity index (χ2n) is 5.93. The number of pyridine rings is 2. The second-order valence-corrected chi connectivity index (χ2v) is 9.21. The highest BCUT2D eigenvalue weighted by Crippen LogP contribution is 2.38. The van der Waals surface area contributed by atoms with Gasteiger partial charge >= 0.3 is 12.4 Å². The lowest BCUT2D eigenvalue weighted by Crippen LogP contribution is -2.12. The minimum Gasteiger partial charge on any atom is -0.252 e. The van der Waals surface area contributed by atoms with Crippen molar-refractivity contribution in [2.24, 2.45) is 0 Å². The molecule has 0 saturated carbocycles. The van der Waals surface area contributed by atoms with Crippen LogP contribution in [0.25, 0.3) is 21.1 Å². The zero-order valence-corrected chi connectivity index (χ0v) is 16.5. The van der Waals surface area contributed by atoms with E-state index in [1.165, 1.54) is 13.1 Å². The van der Waals surface area contributed by atoms with Gasteiger partial charge in [0.25, 0.3) is 0 Å². The third kappa shape index (κ3) is 4.46. The normalized spacial score (nSPS) is 12.9. The molecule has 160 valence electrons. The highest BCUT2D eigenvalue weighted by atomic mass is 32.2. The van der Waals surface area contributed by atoms with Crippen molar-refractivity contribution < 1.29 is 34.8 Å². The van der Waals surface area contributed by atoms with Gasteiger partial charge in [-0.2, -0.15) is 26.3 Å². The largest absolute Gasteiger partial charge is 0.433 e. The van der Waals surface area contributed by atoms with Crippen molar-refractivity contribution in [2.75, 3.05) is 5.75 Å². The lowest BCUT2D eigenvalue weighted by atomic mass is 10.2. The Labute approximate surface area is 170 Å². The Bertz CT molecular complexity index is 1170. The number of aromatic nitrogens is 3. The zero-order chi connectivity index (χ0) is 22.3. The fourth-order valence-electron chi connectivity index (χ4n) is 2.38. The van der Waals surface area contributed by atoms with Crippen LogP contribution in [0.2, 0.25) is 0 Å². The van der Waals surface area contributed by atoms with Crippen LogP contribution in [0.3, 0.4) is 0 Å². The first-order valence-electron chi connectivity index (χ1n) is 8.12. The third-order valence-corrected chi connectivity index (χ3v) is 6.74. The predicted octanol–water partition coefficient (Wildman–Crippen LogP) is 5.10. The first-order valence-corrected chi connectivity index (χ1v) is 10.6. The fourth-order valence-corrected chi connectivity index (χ4v) is 4.42. The molecule has 3 rings (SSSR count). The van der Waals surface area contributed by atoms with Crippen molar-refractivity contribution in [1.29, 1.82) is 0 Å². The second kappa shape index (κ2) is 7.61. The van der Waals surface area contributed by atoms with Gasteiger partial charge in [-0.25, -0.2) is 13.4 Å². The minimum atomic E-state index is -4.79. The van der Waals surface area contributed by atoms with Crippen LogP contribution in [0.5, 0.6) is 0 Å². The maximum Gasteiger partial charge on any atom is 0.433 e. The van der Waals surface area contributed by atoms with E-state index in [4.69, 9.17) is 0 Å². The van der Waals surface area contributed by atoms with Gasteiger partial charge in [-0.05, 0) is 18.2 Å². The molecule has 0 fully saturated rings. The number of rotatable bonds is 4. The van der Waals surface area contributed by atoms with Gasteiger partial charge < -0.3 is 0 Å². The van der Waals surface area contributed by atoms with Crippen LogP contribution in [0.1, 0.15) is 18.2 Å². The number of alkyl halides is 6. The van der Waals surface area contributed by atoms with Crippen molar-refractivity contribution >= 4 is 21.2 Å². The van der Waals surface area contributed by atoms with E-state index in [9.17, 15) is 34.8 Å². The first-order chi connectivity index (χ1) is 13.8. The van der Waals surface area contributed by atoms with Crippen molar-refractivity contribution in [3.8, 4) is 21.1 Å². The zero-order valence-electron chi connectivity index (χ0n) is 14.9. The highest BCUT2D eigenvalue weighted by molar-refractivity contribution is 7.91. The monoisotopic (exact) mass is 467 g/mol. The van der Waals surface area contributed by atoms with E-state index in [2.05, 4.69) is 15.0 Å². The Kier molecular flexibility index (Phi) is 5.62. The average Bonchev–Trinajstić information content (AvgIpc) is 3.16. The average molecular weight is 467 g/mol. The molecule has 0 bridgehead atoms. The summed E-state index contributed by atoms with van der Waals surface area (Å²) in [6.45, 7) is 1.28. The Morgan fingerprint density at radius 2 is 1.63 bits per heavy atom. The highest BCUT2D eigenvalue weighted by Gasteiger charge is 2.34. The number of sulfone groups is 1. The molecular formula is C17H11F6N3O2S2. The number of thiazole rings is 1. The molecule has 0 unspecified atom stereocenters. The summed E-state index contributed by atoms with van der Waals surface area (Å²) in [7, 11) is -4.07. The lowest BCUT2D eigenvalue weighted by Gasteiger charge is -2.11. The molecule has 5 nitrogen and oxygen atoms in total. The van der Waals surface area contributed by atoms with Crippen molar-refractivity contribution in [3.63, 3.8) is 0 Å². The summed E-state index contributed by atoms with van der Waals surface area (Å²) in [6.07, 6.45) is -6.66. The quantitative estimate of drug-likeness (QED) is 0.500. The molecule has 0 aliphatic carbocycles. The molecule has 0 aromatic carbocycles. The summed E-state index contributed by atoms with van der Waals surface area (Å²) in [5.74, 6) is -0.454. The Morgan fingerprint density at radius 3 is 2.17 bits per heavy atom. The molecule has 0 N–H and O–H groups in total.